The Morgan fingerprint density at radius 2 is 1.97 bits per heavy atom. The van der Waals surface area contributed by atoms with Crippen molar-refractivity contribution in [2.24, 2.45) is 13.0 Å². The molecule has 0 aliphatic carbocycles. The lowest BCUT2D eigenvalue weighted by molar-refractivity contribution is -0.142. The number of likely N-dealkylation sites (tertiary alicyclic amines) is 1. The molecule has 1 atom stereocenters. The van der Waals surface area contributed by atoms with Crippen molar-refractivity contribution >= 4 is 58.8 Å². The van der Waals surface area contributed by atoms with Gasteiger partial charge in [0.05, 0.1) is 22.1 Å². The molecule has 34 heavy (non-hydrogen) atoms. The second-order valence-corrected chi connectivity index (χ2v) is 9.66. The lowest BCUT2D eigenvalue weighted by atomic mass is 9.95. The van der Waals surface area contributed by atoms with Crippen LogP contribution in [0.3, 0.4) is 0 Å². The van der Waals surface area contributed by atoms with Gasteiger partial charge in [-0.1, -0.05) is 29.3 Å². The molecule has 2 aromatic rings. The molecule has 11 heteroatoms. The van der Waals surface area contributed by atoms with Crippen LogP contribution in [0.5, 0.6) is 0 Å². The van der Waals surface area contributed by atoms with Crippen molar-refractivity contribution in [3.8, 4) is 0 Å². The lowest BCUT2D eigenvalue weighted by Gasteiger charge is -2.31. The Hall–Kier alpha value is -2.49. The van der Waals surface area contributed by atoms with Crippen LogP contribution in [0.25, 0.3) is 6.08 Å². The van der Waals surface area contributed by atoms with Gasteiger partial charge in [-0.3, -0.25) is 9.59 Å². The molecular weight excluding hydrogens is 499 g/mol. The predicted octanol–water partition coefficient (Wildman–Crippen LogP) is 3.51. The fourth-order valence-electron chi connectivity index (χ4n) is 3.73. The monoisotopic (exact) mass is 524 g/mol. The Morgan fingerprint density at radius 1 is 1.26 bits per heavy atom. The van der Waals surface area contributed by atoms with Gasteiger partial charge in [0.25, 0.3) is 0 Å². The molecule has 0 bridgehead atoms. The van der Waals surface area contributed by atoms with Crippen LogP contribution in [0.4, 0.5) is 0 Å². The van der Waals surface area contributed by atoms with E-state index in [4.69, 9.17) is 23.2 Å². The standard InChI is InChI=1S/C23H26Cl2N4O4S/c1-28-12-16(26-13-28)11-17(23(32)33)27-22(31)15-7-9-29(10-8-15)19(30)6-4-14-3-5-18(34-2)21(25)20(14)24/h3-6,12-13,15,17H,7-11H2,1-2H3,(H,27,31)(H,32,33). The second-order valence-electron chi connectivity index (χ2n) is 8.05. The number of hydrogen-bond acceptors (Lipinski definition) is 5. The number of carbonyl (C=O) groups is 3. The van der Waals surface area contributed by atoms with Crippen LogP contribution in [0.15, 0.2) is 35.6 Å². The summed E-state index contributed by atoms with van der Waals surface area (Å²) in [7, 11) is 1.79. The zero-order valence-corrected chi connectivity index (χ0v) is 21.2. The van der Waals surface area contributed by atoms with E-state index >= 15 is 0 Å². The van der Waals surface area contributed by atoms with E-state index in [1.807, 2.05) is 18.4 Å². The molecule has 1 fully saturated rings. The van der Waals surface area contributed by atoms with Crippen LogP contribution < -0.4 is 5.32 Å². The first kappa shape index (κ1) is 26.1. The van der Waals surface area contributed by atoms with E-state index in [0.29, 0.717) is 47.2 Å². The molecule has 1 aromatic heterocycles. The highest BCUT2D eigenvalue weighted by atomic mass is 35.5. The minimum Gasteiger partial charge on any atom is -0.480 e. The number of hydrogen-bond donors (Lipinski definition) is 2. The molecule has 8 nitrogen and oxygen atoms in total. The zero-order valence-electron chi connectivity index (χ0n) is 18.8. The van der Waals surface area contributed by atoms with E-state index in [1.54, 1.807) is 35.1 Å². The number of aliphatic carboxylic acids is 1. The maximum absolute atomic E-state index is 12.7. The van der Waals surface area contributed by atoms with Gasteiger partial charge in [-0.15, -0.1) is 11.8 Å². The van der Waals surface area contributed by atoms with Crippen molar-refractivity contribution in [1.29, 1.82) is 0 Å². The number of nitrogens with zero attached hydrogens (tertiary/aromatic N) is 3. The number of rotatable bonds is 8. The maximum atomic E-state index is 12.7. The maximum Gasteiger partial charge on any atom is 0.326 e. The third-order valence-electron chi connectivity index (χ3n) is 5.67. The van der Waals surface area contributed by atoms with Crippen LogP contribution in [-0.2, 0) is 27.9 Å². The van der Waals surface area contributed by atoms with Crippen molar-refractivity contribution in [3.63, 3.8) is 0 Å². The Bertz CT molecular complexity index is 1100. The van der Waals surface area contributed by atoms with E-state index < -0.39 is 12.0 Å². The first-order chi connectivity index (χ1) is 16.2. The van der Waals surface area contributed by atoms with Crippen LogP contribution in [0.1, 0.15) is 24.1 Å². The summed E-state index contributed by atoms with van der Waals surface area (Å²) in [6.45, 7) is 0.804. The summed E-state index contributed by atoms with van der Waals surface area (Å²) in [6.07, 6.45) is 9.31. The van der Waals surface area contributed by atoms with E-state index in [-0.39, 0.29) is 24.2 Å². The number of aromatic nitrogens is 2. The SMILES string of the molecule is CSc1ccc(C=CC(=O)N2CCC(C(=O)NC(Cc3cn(C)cn3)C(=O)O)CC2)c(Cl)c1Cl. The minimum atomic E-state index is -1.11. The van der Waals surface area contributed by atoms with Gasteiger partial charge in [-0.25, -0.2) is 9.78 Å². The number of benzene rings is 1. The molecule has 0 spiro atoms. The van der Waals surface area contributed by atoms with E-state index in [0.717, 1.165) is 4.90 Å². The van der Waals surface area contributed by atoms with E-state index in [1.165, 1.54) is 17.8 Å². The normalized spacial score (nSPS) is 15.5. The smallest absolute Gasteiger partial charge is 0.326 e. The number of piperidine rings is 1. The third-order valence-corrected chi connectivity index (χ3v) is 7.45. The Balaban J connectivity index is 1.53. The highest BCUT2D eigenvalue weighted by Crippen LogP contribution is 2.35. The molecule has 182 valence electrons. The molecule has 1 unspecified atom stereocenters. The van der Waals surface area contributed by atoms with Crippen LogP contribution >= 0.6 is 35.0 Å². The fourth-order valence-corrected chi connectivity index (χ4v) is 4.91. The summed E-state index contributed by atoms with van der Waals surface area (Å²) in [4.78, 5) is 43.5. The van der Waals surface area contributed by atoms with E-state index in [2.05, 4.69) is 10.3 Å². The molecule has 1 aliphatic heterocycles. The lowest BCUT2D eigenvalue weighted by Crippen LogP contribution is -2.48. The fraction of sp³-hybridized carbons (Fsp3) is 0.391. The number of carboxylic acids is 1. The van der Waals surface area contributed by atoms with Gasteiger partial charge in [-0.05, 0) is 36.8 Å². The molecule has 2 N–H and O–H groups in total. The number of carboxylic acid groups (broad SMARTS) is 1. The summed E-state index contributed by atoms with van der Waals surface area (Å²) in [6, 6.07) is 2.61. The molecule has 0 saturated carbocycles. The summed E-state index contributed by atoms with van der Waals surface area (Å²) >= 11 is 14.0. The number of halogens is 2. The van der Waals surface area contributed by atoms with Gasteiger partial charge in [0.15, 0.2) is 0 Å². The molecule has 1 aromatic carbocycles. The van der Waals surface area contributed by atoms with Crippen LogP contribution in [0, 0.1) is 5.92 Å². The number of aryl methyl sites for hydroxylation is 1. The largest absolute Gasteiger partial charge is 0.480 e. The first-order valence-electron chi connectivity index (χ1n) is 10.7. The molecule has 0 radical (unpaired) electrons. The third kappa shape index (κ3) is 6.55. The number of amides is 2. The van der Waals surface area contributed by atoms with Crippen molar-refractivity contribution in [3.05, 3.63) is 52.0 Å². The van der Waals surface area contributed by atoms with Gasteiger partial charge in [0.2, 0.25) is 11.8 Å². The zero-order chi connectivity index (χ0) is 24.8. The molecule has 2 amide bonds. The summed E-state index contributed by atoms with van der Waals surface area (Å²) in [5.41, 5.74) is 1.24. The van der Waals surface area contributed by atoms with Gasteiger partial charge in [0, 0.05) is 49.6 Å². The molecule has 3 rings (SSSR count). The highest BCUT2D eigenvalue weighted by Gasteiger charge is 2.30. The Morgan fingerprint density at radius 3 is 2.56 bits per heavy atom. The Labute approximate surface area is 212 Å². The van der Waals surface area contributed by atoms with Crippen LogP contribution in [-0.4, -0.2) is 62.7 Å². The second kappa shape index (κ2) is 11.8. The Kier molecular flexibility index (Phi) is 9.04. The van der Waals surface area contributed by atoms with Crippen molar-refractivity contribution in [2.75, 3.05) is 19.3 Å². The summed E-state index contributed by atoms with van der Waals surface area (Å²) in [5.74, 6) is -1.97. The van der Waals surface area contributed by atoms with Crippen molar-refractivity contribution in [1.82, 2.24) is 19.8 Å². The van der Waals surface area contributed by atoms with Gasteiger partial charge < -0.3 is 19.9 Å². The average molecular weight is 525 g/mol. The van der Waals surface area contributed by atoms with Crippen molar-refractivity contribution < 1.29 is 19.5 Å². The average Bonchev–Trinajstić information content (AvgIpc) is 3.24. The van der Waals surface area contributed by atoms with E-state index in [9.17, 15) is 19.5 Å². The molecule has 1 saturated heterocycles. The van der Waals surface area contributed by atoms with Crippen LogP contribution in [0.2, 0.25) is 10.0 Å². The molecule has 1 aliphatic rings. The van der Waals surface area contributed by atoms with Gasteiger partial charge in [0.1, 0.15) is 6.04 Å². The highest BCUT2D eigenvalue weighted by molar-refractivity contribution is 7.98. The molecular formula is C23H26Cl2N4O4S. The predicted molar refractivity (Wildman–Crippen MR) is 133 cm³/mol. The summed E-state index contributed by atoms with van der Waals surface area (Å²) < 4.78 is 1.72. The number of carbonyl (C=O) groups excluding carboxylic acids is 2. The topological polar surface area (TPSA) is 105 Å². The first-order valence-corrected chi connectivity index (χ1v) is 12.7. The molecule has 2 heterocycles. The number of thioether (sulfide) groups is 1. The van der Waals surface area contributed by atoms with Gasteiger partial charge in [-0.2, -0.15) is 0 Å². The summed E-state index contributed by atoms with van der Waals surface area (Å²) in [5, 5.41) is 13.0. The van der Waals surface area contributed by atoms with Crippen molar-refractivity contribution in [2.45, 2.75) is 30.2 Å². The van der Waals surface area contributed by atoms with Gasteiger partial charge >= 0.3 is 5.97 Å². The number of nitrogens with one attached hydrogen (secondary N) is 1. The minimum absolute atomic E-state index is 0.106. The quantitative estimate of drug-likeness (QED) is 0.404. The number of imidazole rings is 1.